The molecule has 0 saturated heterocycles. The van der Waals surface area contributed by atoms with E-state index in [0.29, 0.717) is 40.9 Å². The zero-order valence-corrected chi connectivity index (χ0v) is 18.0. The predicted octanol–water partition coefficient (Wildman–Crippen LogP) is 2.85. The SMILES string of the molecule is CC1CCC(C(C)C)C(C(=O)n2c(=O)n(CCN)c3cc([S+](C)[O-])ccc32)C1. The Balaban J connectivity index is 2.14. The second-order valence-corrected chi connectivity index (χ2v) is 9.81. The molecule has 0 bridgehead atoms. The van der Waals surface area contributed by atoms with Gasteiger partial charge in [0.1, 0.15) is 6.26 Å². The van der Waals surface area contributed by atoms with Gasteiger partial charge in [-0.05, 0) is 53.9 Å². The number of imidazole rings is 1. The van der Waals surface area contributed by atoms with Crippen LogP contribution in [0.5, 0.6) is 0 Å². The lowest BCUT2D eigenvalue weighted by molar-refractivity contribution is 0.0633. The van der Waals surface area contributed by atoms with Crippen LogP contribution in [0.4, 0.5) is 0 Å². The first kappa shape index (κ1) is 21.1. The van der Waals surface area contributed by atoms with E-state index in [1.54, 1.807) is 29.0 Å². The zero-order chi connectivity index (χ0) is 20.6. The summed E-state index contributed by atoms with van der Waals surface area (Å²) < 4.78 is 14.8. The second-order valence-electron chi connectivity index (χ2n) is 8.43. The first-order valence-corrected chi connectivity index (χ1v) is 11.6. The number of nitrogens with two attached hydrogens (primary N) is 1. The molecule has 154 valence electrons. The summed E-state index contributed by atoms with van der Waals surface area (Å²) in [5, 5.41) is 0. The highest BCUT2D eigenvalue weighted by Gasteiger charge is 2.37. The van der Waals surface area contributed by atoms with Gasteiger partial charge in [0.05, 0.1) is 11.0 Å². The maximum absolute atomic E-state index is 13.6. The number of carbonyl (C=O) groups is 1. The van der Waals surface area contributed by atoms with Crippen LogP contribution in [-0.4, -0.2) is 32.4 Å². The summed E-state index contributed by atoms with van der Waals surface area (Å²) in [4.78, 5) is 27.4. The van der Waals surface area contributed by atoms with E-state index in [4.69, 9.17) is 5.73 Å². The first-order valence-electron chi connectivity index (χ1n) is 10.1. The van der Waals surface area contributed by atoms with Crippen LogP contribution in [0, 0.1) is 23.7 Å². The molecule has 1 aromatic carbocycles. The van der Waals surface area contributed by atoms with Crippen LogP contribution in [0.2, 0.25) is 0 Å². The number of hydrogen-bond donors (Lipinski definition) is 1. The Morgan fingerprint density at radius 2 is 2.04 bits per heavy atom. The Morgan fingerprint density at radius 3 is 2.64 bits per heavy atom. The van der Waals surface area contributed by atoms with Gasteiger partial charge in [-0.15, -0.1) is 0 Å². The van der Waals surface area contributed by atoms with E-state index < -0.39 is 11.2 Å². The normalized spacial score (nSPS) is 24.0. The number of fused-ring (bicyclic) bond motifs is 1. The number of aromatic nitrogens is 2. The molecule has 1 saturated carbocycles. The number of nitrogens with zero attached hydrogens (tertiary/aromatic N) is 2. The van der Waals surface area contributed by atoms with Gasteiger partial charge in [-0.25, -0.2) is 9.36 Å². The average Bonchev–Trinajstić information content (AvgIpc) is 2.92. The third-order valence-corrected chi connectivity index (χ3v) is 7.06. The van der Waals surface area contributed by atoms with E-state index in [2.05, 4.69) is 20.8 Å². The van der Waals surface area contributed by atoms with Crippen LogP contribution in [0.3, 0.4) is 0 Å². The van der Waals surface area contributed by atoms with Crippen LogP contribution in [0.25, 0.3) is 11.0 Å². The quantitative estimate of drug-likeness (QED) is 0.774. The highest BCUT2D eigenvalue weighted by atomic mass is 32.2. The van der Waals surface area contributed by atoms with Gasteiger partial charge in [-0.3, -0.25) is 9.36 Å². The summed E-state index contributed by atoms with van der Waals surface area (Å²) in [6, 6.07) is 5.22. The van der Waals surface area contributed by atoms with Crippen LogP contribution >= 0.6 is 0 Å². The van der Waals surface area contributed by atoms with E-state index in [1.807, 2.05) is 0 Å². The van der Waals surface area contributed by atoms with Crippen molar-refractivity contribution in [2.45, 2.75) is 51.5 Å². The lowest BCUT2D eigenvalue weighted by Crippen LogP contribution is -2.40. The second kappa shape index (κ2) is 8.43. The molecule has 1 heterocycles. The lowest BCUT2D eigenvalue weighted by atomic mass is 9.69. The van der Waals surface area contributed by atoms with Crippen LogP contribution in [0.1, 0.15) is 44.8 Å². The first-order chi connectivity index (χ1) is 13.3. The van der Waals surface area contributed by atoms with Crippen molar-refractivity contribution < 1.29 is 9.35 Å². The molecule has 2 N–H and O–H groups in total. The fourth-order valence-corrected chi connectivity index (χ4v) is 5.16. The molecule has 0 aliphatic heterocycles. The molecule has 0 spiro atoms. The fourth-order valence-electron chi connectivity index (χ4n) is 4.62. The highest BCUT2D eigenvalue weighted by molar-refractivity contribution is 7.90. The minimum atomic E-state index is -1.17. The molecule has 0 radical (unpaired) electrons. The molecule has 7 heteroatoms. The predicted molar refractivity (Wildman–Crippen MR) is 113 cm³/mol. The van der Waals surface area contributed by atoms with Crippen molar-refractivity contribution >= 4 is 28.1 Å². The van der Waals surface area contributed by atoms with E-state index in [9.17, 15) is 14.1 Å². The molecule has 2 aromatic rings. The van der Waals surface area contributed by atoms with E-state index >= 15 is 0 Å². The standard InChI is InChI=1S/C21H31N3O3S/c1-13(2)16-7-5-14(3)11-17(16)20(25)24-18-8-6-15(28(4)27)12-19(18)23(10-9-22)21(24)26/h6,8,12-14,16-17H,5,7,9-11,22H2,1-4H3. The van der Waals surface area contributed by atoms with Crippen molar-refractivity contribution in [1.29, 1.82) is 0 Å². The van der Waals surface area contributed by atoms with Gasteiger partial charge in [-0.1, -0.05) is 27.2 Å². The Labute approximate surface area is 169 Å². The molecule has 0 amide bonds. The lowest BCUT2D eigenvalue weighted by Gasteiger charge is -2.36. The number of rotatable bonds is 5. The van der Waals surface area contributed by atoms with Crippen molar-refractivity contribution in [2.75, 3.05) is 12.8 Å². The largest absolute Gasteiger partial charge is 0.612 e. The van der Waals surface area contributed by atoms with Crippen molar-refractivity contribution in [1.82, 2.24) is 9.13 Å². The van der Waals surface area contributed by atoms with Crippen molar-refractivity contribution in [2.24, 2.45) is 29.4 Å². The van der Waals surface area contributed by atoms with Crippen molar-refractivity contribution in [3.05, 3.63) is 28.7 Å². The minimum absolute atomic E-state index is 0.110. The van der Waals surface area contributed by atoms with Gasteiger partial charge in [0, 0.05) is 25.1 Å². The summed E-state index contributed by atoms with van der Waals surface area (Å²) >= 11 is -1.17. The van der Waals surface area contributed by atoms with Crippen LogP contribution in [-0.2, 0) is 17.7 Å². The molecule has 1 aromatic heterocycles. The molecule has 28 heavy (non-hydrogen) atoms. The number of benzene rings is 1. The van der Waals surface area contributed by atoms with E-state index in [1.165, 1.54) is 4.57 Å². The molecule has 1 aliphatic rings. The van der Waals surface area contributed by atoms with Gasteiger partial charge in [0.15, 0.2) is 4.90 Å². The number of carbonyl (C=O) groups excluding carboxylic acids is 1. The summed E-state index contributed by atoms with van der Waals surface area (Å²) in [7, 11) is 0. The molecule has 4 atom stereocenters. The molecule has 1 fully saturated rings. The third kappa shape index (κ3) is 3.80. The molecular weight excluding hydrogens is 374 g/mol. The maximum Gasteiger partial charge on any atom is 0.336 e. The summed E-state index contributed by atoms with van der Waals surface area (Å²) in [5.41, 5.74) is 6.58. The highest BCUT2D eigenvalue weighted by Crippen LogP contribution is 2.39. The van der Waals surface area contributed by atoms with Crippen molar-refractivity contribution in [3.63, 3.8) is 0 Å². The molecule has 3 rings (SSSR count). The van der Waals surface area contributed by atoms with Gasteiger partial charge >= 0.3 is 5.69 Å². The van der Waals surface area contributed by atoms with Crippen LogP contribution < -0.4 is 11.4 Å². The summed E-state index contributed by atoms with van der Waals surface area (Å²) in [6.45, 7) is 7.11. The van der Waals surface area contributed by atoms with Gasteiger partial charge < -0.3 is 10.3 Å². The molecule has 1 aliphatic carbocycles. The molecule has 6 nitrogen and oxygen atoms in total. The minimum Gasteiger partial charge on any atom is -0.612 e. The van der Waals surface area contributed by atoms with E-state index in [-0.39, 0.29) is 23.4 Å². The Morgan fingerprint density at radius 1 is 1.32 bits per heavy atom. The monoisotopic (exact) mass is 405 g/mol. The van der Waals surface area contributed by atoms with Gasteiger partial charge in [0.2, 0.25) is 5.91 Å². The zero-order valence-electron chi connectivity index (χ0n) is 17.2. The summed E-state index contributed by atoms with van der Waals surface area (Å²) in [6.07, 6.45) is 4.56. The third-order valence-electron chi connectivity index (χ3n) is 6.15. The summed E-state index contributed by atoms with van der Waals surface area (Å²) in [5.74, 6) is 0.889. The molecule has 4 unspecified atom stereocenters. The topological polar surface area (TPSA) is 93.1 Å². The van der Waals surface area contributed by atoms with Crippen LogP contribution in [0.15, 0.2) is 27.9 Å². The molecular formula is C21H31N3O3S. The maximum atomic E-state index is 13.6. The Bertz CT molecular complexity index is 915. The van der Waals surface area contributed by atoms with E-state index in [0.717, 1.165) is 19.3 Å². The average molecular weight is 406 g/mol. The smallest absolute Gasteiger partial charge is 0.336 e. The van der Waals surface area contributed by atoms with Crippen molar-refractivity contribution in [3.8, 4) is 0 Å². The Hall–Kier alpha value is -1.57. The van der Waals surface area contributed by atoms with Gasteiger partial charge in [0.25, 0.3) is 0 Å². The van der Waals surface area contributed by atoms with Gasteiger partial charge in [-0.2, -0.15) is 0 Å². The number of hydrogen-bond acceptors (Lipinski definition) is 4. The fraction of sp³-hybridized carbons (Fsp3) is 0.619. The Kier molecular flexibility index (Phi) is 6.37.